The first-order chi connectivity index (χ1) is 10.4. The molecule has 1 atom stereocenters. The molecule has 0 saturated carbocycles. The lowest BCUT2D eigenvalue weighted by Crippen LogP contribution is -2.38. The fourth-order valence-corrected chi connectivity index (χ4v) is 6.83. The number of fused-ring (bicyclic) bond motifs is 1. The summed E-state index contributed by atoms with van der Waals surface area (Å²) in [7, 11) is -7.53. The van der Waals surface area contributed by atoms with Crippen LogP contribution in [0.5, 0.6) is 0 Å². The van der Waals surface area contributed by atoms with Crippen LogP contribution in [0.3, 0.4) is 0 Å². The van der Waals surface area contributed by atoms with E-state index in [-0.39, 0.29) is 32.4 Å². The standard InChI is InChI=1S/C13H20N2O5S3/c1-8(2)7-15(9(3)16)11-4-5-22(17,18)13-10(11)6-12(21-13)23(14,19)20/h6,8,11H,4-5,7H2,1-3H3,(H2,14,19,20). The fourth-order valence-electron chi connectivity index (χ4n) is 2.69. The third-order valence-corrected chi connectivity index (χ3v) is 8.58. The Morgan fingerprint density at radius 1 is 1.48 bits per heavy atom. The molecule has 0 saturated heterocycles. The van der Waals surface area contributed by atoms with E-state index in [2.05, 4.69) is 0 Å². The Morgan fingerprint density at radius 2 is 2.09 bits per heavy atom. The molecule has 0 fully saturated rings. The first-order valence-electron chi connectivity index (χ1n) is 7.10. The van der Waals surface area contributed by atoms with E-state index >= 15 is 0 Å². The number of sulfone groups is 1. The zero-order chi connectivity index (χ0) is 17.6. The van der Waals surface area contributed by atoms with Gasteiger partial charge in [-0.25, -0.2) is 22.0 Å². The van der Waals surface area contributed by atoms with Gasteiger partial charge < -0.3 is 4.90 Å². The van der Waals surface area contributed by atoms with Crippen LogP contribution >= 0.6 is 11.3 Å². The smallest absolute Gasteiger partial charge is 0.247 e. The van der Waals surface area contributed by atoms with Crippen LogP contribution in [0.4, 0.5) is 0 Å². The minimum Gasteiger partial charge on any atom is -0.336 e. The predicted octanol–water partition coefficient (Wildman–Crippen LogP) is 1.12. The molecule has 10 heteroatoms. The lowest BCUT2D eigenvalue weighted by molar-refractivity contribution is -0.132. The lowest BCUT2D eigenvalue weighted by atomic mass is 10.0. The summed E-state index contributed by atoms with van der Waals surface area (Å²) in [4.78, 5) is 13.6. The summed E-state index contributed by atoms with van der Waals surface area (Å²) in [5.74, 6) is -0.0774. The summed E-state index contributed by atoms with van der Waals surface area (Å²) >= 11 is 0.662. The van der Waals surface area contributed by atoms with Crippen molar-refractivity contribution >= 4 is 37.1 Å². The van der Waals surface area contributed by atoms with E-state index in [4.69, 9.17) is 5.14 Å². The SMILES string of the molecule is CC(=O)N(CC(C)C)C1CCS(=O)(=O)c2sc(S(N)(=O)=O)cc21. The molecule has 0 radical (unpaired) electrons. The van der Waals surface area contributed by atoms with Gasteiger partial charge in [0.1, 0.15) is 8.42 Å². The molecule has 0 bridgehead atoms. The van der Waals surface area contributed by atoms with E-state index in [0.29, 0.717) is 23.4 Å². The molecule has 7 nitrogen and oxygen atoms in total. The molecule has 1 aliphatic rings. The van der Waals surface area contributed by atoms with E-state index in [0.717, 1.165) is 0 Å². The van der Waals surface area contributed by atoms with E-state index in [1.54, 1.807) is 4.90 Å². The molecule has 130 valence electrons. The maximum Gasteiger partial charge on any atom is 0.247 e. The van der Waals surface area contributed by atoms with E-state index in [9.17, 15) is 21.6 Å². The number of sulfonamides is 1. The third-order valence-electron chi connectivity index (χ3n) is 3.63. The van der Waals surface area contributed by atoms with Gasteiger partial charge in [0.2, 0.25) is 15.9 Å². The van der Waals surface area contributed by atoms with Gasteiger partial charge >= 0.3 is 0 Å². The van der Waals surface area contributed by atoms with Crippen molar-refractivity contribution in [2.75, 3.05) is 12.3 Å². The second kappa shape index (κ2) is 6.15. The van der Waals surface area contributed by atoms with Gasteiger partial charge in [0.15, 0.2) is 9.84 Å². The van der Waals surface area contributed by atoms with Crippen molar-refractivity contribution < 1.29 is 21.6 Å². The number of carbonyl (C=O) groups excluding carboxylic acids is 1. The van der Waals surface area contributed by atoms with Crippen molar-refractivity contribution in [2.45, 2.75) is 41.7 Å². The highest BCUT2D eigenvalue weighted by Gasteiger charge is 2.38. The average molecular weight is 381 g/mol. The monoisotopic (exact) mass is 380 g/mol. The molecule has 1 aromatic heterocycles. The van der Waals surface area contributed by atoms with Crippen LogP contribution in [0.25, 0.3) is 0 Å². The van der Waals surface area contributed by atoms with Gasteiger partial charge in [0, 0.05) is 19.0 Å². The highest BCUT2D eigenvalue weighted by molar-refractivity contribution is 7.95. The van der Waals surface area contributed by atoms with Crippen LogP contribution in [0.15, 0.2) is 14.5 Å². The predicted molar refractivity (Wildman–Crippen MR) is 87.3 cm³/mol. The van der Waals surface area contributed by atoms with Crippen LogP contribution in [0.2, 0.25) is 0 Å². The number of primary sulfonamides is 1. The maximum absolute atomic E-state index is 12.2. The number of amides is 1. The van der Waals surface area contributed by atoms with Crippen LogP contribution in [-0.4, -0.2) is 39.9 Å². The van der Waals surface area contributed by atoms with Crippen LogP contribution in [0, 0.1) is 5.92 Å². The minimum atomic E-state index is -3.99. The van der Waals surface area contributed by atoms with Gasteiger partial charge in [-0.05, 0) is 18.4 Å². The normalized spacial score (nSPS) is 20.3. The Kier molecular flexibility index (Phi) is 4.91. The summed E-state index contributed by atoms with van der Waals surface area (Å²) in [5.41, 5.74) is 0.362. The number of hydrogen-bond donors (Lipinski definition) is 1. The average Bonchev–Trinajstić information content (AvgIpc) is 2.82. The highest BCUT2D eigenvalue weighted by atomic mass is 32.3. The summed E-state index contributed by atoms with van der Waals surface area (Å²) < 4.78 is 47.4. The number of thiophene rings is 1. The van der Waals surface area contributed by atoms with Crippen LogP contribution in [0.1, 0.15) is 38.8 Å². The molecule has 1 aromatic rings. The van der Waals surface area contributed by atoms with Gasteiger partial charge in [-0.2, -0.15) is 0 Å². The Balaban J connectivity index is 2.59. The fraction of sp³-hybridized carbons (Fsp3) is 0.615. The molecule has 0 aliphatic carbocycles. The Bertz CT molecular complexity index is 824. The number of hydrogen-bond acceptors (Lipinski definition) is 6. The van der Waals surface area contributed by atoms with Gasteiger partial charge in [-0.15, -0.1) is 11.3 Å². The minimum absolute atomic E-state index is 0.00720. The quantitative estimate of drug-likeness (QED) is 0.840. The van der Waals surface area contributed by atoms with Crippen molar-refractivity contribution in [1.29, 1.82) is 0 Å². The number of nitrogens with two attached hydrogens (primary N) is 1. The molecule has 2 heterocycles. The molecular weight excluding hydrogens is 360 g/mol. The third kappa shape index (κ3) is 3.76. The van der Waals surface area contributed by atoms with Crippen molar-refractivity contribution in [3.63, 3.8) is 0 Å². The van der Waals surface area contributed by atoms with Crippen molar-refractivity contribution in [2.24, 2.45) is 11.1 Å². The van der Waals surface area contributed by atoms with Crippen molar-refractivity contribution in [3.8, 4) is 0 Å². The van der Waals surface area contributed by atoms with Crippen LogP contribution in [-0.2, 0) is 24.7 Å². The zero-order valence-electron chi connectivity index (χ0n) is 13.1. The summed E-state index contributed by atoms with van der Waals surface area (Å²) in [5, 5.41) is 5.13. The topological polar surface area (TPSA) is 115 Å². The molecule has 1 unspecified atom stereocenters. The summed E-state index contributed by atoms with van der Waals surface area (Å²) in [6, 6.07) is 0.854. The van der Waals surface area contributed by atoms with Gasteiger partial charge in [-0.3, -0.25) is 4.79 Å². The summed E-state index contributed by atoms with van der Waals surface area (Å²) in [6.07, 6.45) is 0.252. The van der Waals surface area contributed by atoms with Gasteiger partial charge in [0.25, 0.3) is 0 Å². The molecule has 2 N–H and O–H groups in total. The first kappa shape index (κ1) is 18.4. The highest BCUT2D eigenvalue weighted by Crippen LogP contribution is 2.42. The van der Waals surface area contributed by atoms with Crippen molar-refractivity contribution in [3.05, 3.63) is 11.6 Å². The second-order valence-electron chi connectivity index (χ2n) is 6.04. The molecule has 0 aromatic carbocycles. The molecule has 23 heavy (non-hydrogen) atoms. The molecule has 0 spiro atoms. The zero-order valence-corrected chi connectivity index (χ0v) is 15.6. The molecule has 2 rings (SSSR count). The lowest BCUT2D eigenvalue weighted by Gasteiger charge is -2.34. The van der Waals surface area contributed by atoms with Gasteiger partial charge in [-0.1, -0.05) is 13.8 Å². The number of rotatable bonds is 4. The second-order valence-corrected chi connectivity index (χ2v) is 11.2. The first-order valence-corrected chi connectivity index (χ1v) is 11.1. The van der Waals surface area contributed by atoms with Crippen LogP contribution < -0.4 is 5.14 Å². The van der Waals surface area contributed by atoms with Gasteiger partial charge in [0.05, 0.1) is 11.8 Å². The Morgan fingerprint density at radius 3 is 2.57 bits per heavy atom. The molecule has 1 aliphatic heterocycles. The Hall–Kier alpha value is -0.970. The maximum atomic E-state index is 12.2. The summed E-state index contributed by atoms with van der Waals surface area (Å²) in [6.45, 7) is 5.82. The van der Waals surface area contributed by atoms with E-state index in [1.165, 1.54) is 13.0 Å². The number of carbonyl (C=O) groups is 1. The van der Waals surface area contributed by atoms with E-state index in [1.807, 2.05) is 13.8 Å². The Labute approximate surface area is 140 Å². The largest absolute Gasteiger partial charge is 0.336 e. The van der Waals surface area contributed by atoms with Crippen molar-refractivity contribution in [1.82, 2.24) is 4.90 Å². The molecular formula is C13H20N2O5S3. The molecule has 1 amide bonds. The van der Waals surface area contributed by atoms with E-state index < -0.39 is 25.9 Å². The number of nitrogens with zero attached hydrogens (tertiary/aromatic N) is 1.